The van der Waals surface area contributed by atoms with Crippen LogP contribution in [-0.2, 0) is 22.6 Å². The fourth-order valence-electron chi connectivity index (χ4n) is 2.16. The molecule has 0 aliphatic carbocycles. The summed E-state index contributed by atoms with van der Waals surface area (Å²) in [5.74, 6) is 0.791. The third-order valence-corrected chi connectivity index (χ3v) is 4.21. The van der Waals surface area contributed by atoms with Crippen molar-refractivity contribution in [3.63, 3.8) is 0 Å². The Morgan fingerprint density at radius 1 is 1.24 bits per heavy atom. The number of amides is 2. The molecule has 0 saturated heterocycles. The van der Waals surface area contributed by atoms with Crippen LogP contribution >= 0.6 is 11.8 Å². The minimum atomic E-state index is -0.426. The molecule has 1 aromatic carbocycles. The highest BCUT2D eigenvalue weighted by molar-refractivity contribution is 7.99. The summed E-state index contributed by atoms with van der Waals surface area (Å²) in [6.07, 6.45) is 0.0885. The number of benzene rings is 1. The van der Waals surface area contributed by atoms with Crippen molar-refractivity contribution in [2.45, 2.75) is 32.0 Å². The normalized spacial score (nSPS) is 10.5. The number of nitrogens with zero attached hydrogens (tertiary/aromatic N) is 3. The van der Waals surface area contributed by atoms with Gasteiger partial charge in [-0.1, -0.05) is 11.8 Å². The topological polar surface area (TPSA) is 112 Å². The Morgan fingerprint density at radius 2 is 1.96 bits per heavy atom. The molecule has 3 N–H and O–H groups in total. The number of anilines is 1. The van der Waals surface area contributed by atoms with Crippen LogP contribution in [0.2, 0.25) is 0 Å². The minimum absolute atomic E-state index is 0.0885. The molecule has 134 valence electrons. The number of primary amides is 1. The Morgan fingerprint density at radius 3 is 2.56 bits per heavy atom. The lowest BCUT2D eigenvalue weighted by Crippen LogP contribution is -2.18. The zero-order chi connectivity index (χ0) is 18.2. The van der Waals surface area contributed by atoms with E-state index in [4.69, 9.17) is 10.5 Å². The van der Waals surface area contributed by atoms with Crippen molar-refractivity contribution in [3.8, 4) is 5.75 Å². The second kappa shape index (κ2) is 9.07. The maximum absolute atomic E-state index is 12.2. The van der Waals surface area contributed by atoms with Crippen molar-refractivity contribution in [2.24, 2.45) is 5.73 Å². The van der Waals surface area contributed by atoms with Crippen LogP contribution < -0.4 is 15.8 Å². The molecule has 8 nitrogen and oxygen atoms in total. The van der Waals surface area contributed by atoms with E-state index in [9.17, 15) is 9.59 Å². The number of carbonyl (C=O) groups excluding carboxylic acids is 2. The number of ether oxygens (including phenoxy) is 1. The monoisotopic (exact) mass is 363 g/mol. The molecule has 0 aliphatic rings. The summed E-state index contributed by atoms with van der Waals surface area (Å²) in [6.45, 7) is 5.02. The van der Waals surface area contributed by atoms with Gasteiger partial charge in [-0.25, -0.2) is 0 Å². The summed E-state index contributed by atoms with van der Waals surface area (Å²) >= 11 is 1.21. The largest absolute Gasteiger partial charge is 0.494 e. The van der Waals surface area contributed by atoms with Gasteiger partial charge in [0.2, 0.25) is 11.8 Å². The highest BCUT2D eigenvalue weighted by Crippen LogP contribution is 2.18. The van der Waals surface area contributed by atoms with Crippen LogP contribution in [-0.4, -0.2) is 38.9 Å². The van der Waals surface area contributed by atoms with Crippen molar-refractivity contribution in [3.05, 3.63) is 30.1 Å². The number of aromatic nitrogens is 3. The summed E-state index contributed by atoms with van der Waals surface area (Å²) in [4.78, 5) is 23.1. The zero-order valence-corrected chi connectivity index (χ0v) is 15.0. The molecule has 0 unspecified atom stereocenters. The van der Waals surface area contributed by atoms with Gasteiger partial charge in [-0.05, 0) is 38.1 Å². The molecule has 0 bridgehead atoms. The first kappa shape index (κ1) is 18.8. The van der Waals surface area contributed by atoms with Crippen LogP contribution in [0.1, 0.15) is 19.7 Å². The predicted molar refractivity (Wildman–Crippen MR) is 95.6 cm³/mol. The molecule has 9 heteroatoms. The highest BCUT2D eigenvalue weighted by Gasteiger charge is 2.15. The molecule has 1 heterocycles. The van der Waals surface area contributed by atoms with Crippen LogP contribution in [0.5, 0.6) is 5.75 Å². The fourth-order valence-corrected chi connectivity index (χ4v) is 2.92. The summed E-state index contributed by atoms with van der Waals surface area (Å²) < 4.78 is 7.16. The van der Waals surface area contributed by atoms with Gasteiger partial charge < -0.3 is 20.4 Å². The average Bonchev–Trinajstić information content (AvgIpc) is 2.96. The third kappa shape index (κ3) is 5.49. The first-order valence-corrected chi connectivity index (χ1v) is 8.88. The van der Waals surface area contributed by atoms with E-state index in [0.717, 1.165) is 5.75 Å². The number of nitrogens with one attached hydrogen (secondary N) is 1. The first-order valence-electron chi connectivity index (χ1n) is 7.89. The Labute approximate surface area is 150 Å². The fraction of sp³-hybridized carbons (Fsp3) is 0.375. The molecule has 0 saturated carbocycles. The van der Waals surface area contributed by atoms with Gasteiger partial charge >= 0.3 is 0 Å². The van der Waals surface area contributed by atoms with E-state index in [2.05, 4.69) is 15.5 Å². The van der Waals surface area contributed by atoms with Gasteiger partial charge in [-0.15, -0.1) is 10.2 Å². The summed E-state index contributed by atoms with van der Waals surface area (Å²) in [6, 6.07) is 7.15. The van der Waals surface area contributed by atoms with Crippen molar-refractivity contribution in [2.75, 3.05) is 17.7 Å². The standard InChI is InChI=1S/C16H21N5O3S/c1-3-21-14(19-20-16(21)25-10-13(17)22)9-15(23)18-11-5-7-12(8-6-11)24-4-2/h5-8H,3-4,9-10H2,1-2H3,(H2,17,22)(H,18,23). The molecule has 0 aliphatic heterocycles. The van der Waals surface area contributed by atoms with Crippen LogP contribution in [0.3, 0.4) is 0 Å². The molecule has 2 aromatic rings. The number of nitrogens with two attached hydrogens (primary N) is 1. The molecule has 0 radical (unpaired) electrons. The maximum Gasteiger partial charge on any atom is 0.232 e. The van der Waals surface area contributed by atoms with E-state index in [-0.39, 0.29) is 18.1 Å². The van der Waals surface area contributed by atoms with Gasteiger partial charge in [0, 0.05) is 12.2 Å². The van der Waals surface area contributed by atoms with Gasteiger partial charge in [-0.2, -0.15) is 0 Å². The van der Waals surface area contributed by atoms with E-state index < -0.39 is 5.91 Å². The second-order valence-corrected chi connectivity index (χ2v) is 6.02. The van der Waals surface area contributed by atoms with Crippen molar-refractivity contribution >= 4 is 29.3 Å². The molecule has 25 heavy (non-hydrogen) atoms. The van der Waals surface area contributed by atoms with E-state index in [0.29, 0.717) is 29.8 Å². The van der Waals surface area contributed by atoms with E-state index >= 15 is 0 Å². The molecule has 0 spiro atoms. The van der Waals surface area contributed by atoms with Gasteiger partial charge in [-0.3, -0.25) is 9.59 Å². The quantitative estimate of drug-likeness (QED) is 0.652. The predicted octanol–water partition coefficient (Wildman–Crippen LogP) is 1.46. The Balaban J connectivity index is 1.98. The summed E-state index contributed by atoms with van der Waals surface area (Å²) in [5.41, 5.74) is 5.82. The Bertz CT molecular complexity index is 730. The highest BCUT2D eigenvalue weighted by atomic mass is 32.2. The van der Waals surface area contributed by atoms with Crippen LogP contribution in [0.25, 0.3) is 0 Å². The lowest BCUT2D eigenvalue weighted by molar-refractivity contribution is -0.116. The number of carbonyl (C=O) groups is 2. The van der Waals surface area contributed by atoms with Crippen molar-refractivity contribution in [1.82, 2.24) is 14.8 Å². The Kier molecular flexibility index (Phi) is 6.81. The van der Waals surface area contributed by atoms with Crippen molar-refractivity contribution < 1.29 is 14.3 Å². The lowest BCUT2D eigenvalue weighted by atomic mass is 10.3. The zero-order valence-electron chi connectivity index (χ0n) is 14.2. The maximum atomic E-state index is 12.2. The smallest absolute Gasteiger partial charge is 0.232 e. The van der Waals surface area contributed by atoms with Gasteiger partial charge in [0.25, 0.3) is 0 Å². The second-order valence-electron chi connectivity index (χ2n) is 5.08. The van der Waals surface area contributed by atoms with Gasteiger partial charge in [0.15, 0.2) is 5.16 Å². The molecule has 1 aromatic heterocycles. The molecule has 2 rings (SSSR count). The molecule has 0 fully saturated rings. The van der Waals surface area contributed by atoms with Crippen LogP contribution in [0.4, 0.5) is 5.69 Å². The number of thioether (sulfide) groups is 1. The SMILES string of the molecule is CCOc1ccc(NC(=O)Cc2nnc(SCC(N)=O)n2CC)cc1. The van der Waals surface area contributed by atoms with Crippen LogP contribution in [0, 0.1) is 0 Å². The third-order valence-electron chi connectivity index (χ3n) is 3.22. The summed E-state index contributed by atoms with van der Waals surface area (Å²) in [5, 5.41) is 11.5. The van der Waals surface area contributed by atoms with Crippen molar-refractivity contribution in [1.29, 1.82) is 0 Å². The van der Waals surface area contributed by atoms with Gasteiger partial charge in [0.05, 0.1) is 18.8 Å². The molecule has 0 atom stereocenters. The van der Waals surface area contributed by atoms with E-state index in [1.54, 1.807) is 28.8 Å². The lowest BCUT2D eigenvalue weighted by Gasteiger charge is -2.08. The van der Waals surface area contributed by atoms with Crippen LogP contribution in [0.15, 0.2) is 29.4 Å². The number of hydrogen-bond donors (Lipinski definition) is 2. The molecule has 2 amide bonds. The minimum Gasteiger partial charge on any atom is -0.494 e. The Hall–Kier alpha value is -2.55. The molecular weight excluding hydrogens is 342 g/mol. The van der Waals surface area contributed by atoms with E-state index in [1.165, 1.54) is 11.8 Å². The number of rotatable bonds is 9. The molecular formula is C16H21N5O3S. The summed E-state index contributed by atoms with van der Waals surface area (Å²) in [7, 11) is 0. The van der Waals surface area contributed by atoms with Gasteiger partial charge in [0.1, 0.15) is 11.6 Å². The van der Waals surface area contributed by atoms with E-state index in [1.807, 2.05) is 13.8 Å². The first-order chi connectivity index (χ1) is 12.0. The number of hydrogen-bond acceptors (Lipinski definition) is 6. The average molecular weight is 363 g/mol.